The first kappa shape index (κ1) is 20.2. The van der Waals surface area contributed by atoms with Gasteiger partial charge in [0, 0.05) is 12.6 Å². The van der Waals surface area contributed by atoms with E-state index >= 15 is 0 Å². The van der Waals surface area contributed by atoms with Crippen molar-refractivity contribution in [2.45, 2.75) is 11.8 Å². The number of rotatable bonds is 6. The van der Waals surface area contributed by atoms with E-state index < -0.39 is 33.4 Å². The first-order valence-corrected chi connectivity index (χ1v) is 9.02. The number of esters is 1. The Bertz CT molecular complexity index is 991. The molecule has 0 aliphatic rings. The van der Waals surface area contributed by atoms with Crippen molar-refractivity contribution in [2.24, 2.45) is 0 Å². The van der Waals surface area contributed by atoms with Crippen molar-refractivity contribution in [3.63, 3.8) is 0 Å². The molecule has 0 atom stereocenters. The van der Waals surface area contributed by atoms with Gasteiger partial charge in [-0.25, -0.2) is 17.6 Å². The molecule has 144 valence electrons. The highest BCUT2D eigenvalue weighted by Crippen LogP contribution is 2.30. The molecule has 0 saturated heterocycles. The van der Waals surface area contributed by atoms with Crippen LogP contribution in [-0.4, -0.2) is 34.5 Å². The minimum atomic E-state index is -4.30. The predicted molar refractivity (Wildman–Crippen MR) is 95.8 cm³/mol. The number of benzene rings is 2. The highest BCUT2D eigenvalue weighted by molar-refractivity contribution is 7.92. The van der Waals surface area contributed by atoms with Gasteiger partial charge in [0.1, 0.15) is 16.5 Å². The van der Waals surface area contributed by atoms with Gasteiger partial charge < -0.3 is 14.8 Å². The van der Waals surface area contributed by atoms with Crippen molar-refractivity contribution >= 4 is 33.3 Å². The van der Waals surface area contributed by atoms with E-state index in [0.717, 1.165) is 25.3 Å². The number of methoxy groups -OCH3 is 2. The number of anilines is 2. The van der Waals surface area contributed by atoms with Crippen LogP contribution in [0.25, 0.3) is 0 Å². The molecule has 0 fully saturated rings. The van der Waals surface area contributed by atoms with Gasteiger partial charge in [-0.3, -0.25) is 9.52 Å². The van der Waals surface area contributed by atoms with Gasteiger partial charge in [0.05, 0.1) is 25.5 Å². The largest absolute Gasteiger partial charge is 0.495 e. The summed E-state index contributed by atoms with van der Waals surface area (Å²) in [6.45, 7) is 1.27. The van der Waals surface area contributed by atoms with Crippen molar-refractivity contribution in [1.29, 1.82) is 0 Å². The van der Waals surface area contributed by atoms with E-state index in [-0.39, 0.29) is 21.9 Å². The predicted octanol–water partition coefficient (Wildman–Crippen LogP) is 2.38. The standard InChI is InChI=1S/C17H17FN2O6S/c1-10(21)19-12-5-7-15(25-2)16(9-12)27(23,24)20-14-8-11(17(22)26-3)4-6-13(14)18/h4-9,20H,1-3H3,(H,19,21). The molecular weight excluding hydrogens is 379 g/mol. The van der Waals surface area contributed by atoms with Crippen LogP contribution in [0.4, 0.5) is 15.8 Å². The van der Waals surface area contributed by atoms with Gasteiger partial charge in [-0.15, -0.1) is 0 Å². The molecule has 0 unspecified atom stereocenters. The monoisotopic (exact) mass is 396 g/mol. The summed E-state index contributed by atoms with van der Waals surface area (Å²) >= 11 is 0. The Kier molecular flexibility index (Phi) is 6.01. The molecule has 0 aromatic heterocycles. The van der Waals surface area contributed by atoms with E-state index in [0.29, 0.717) is 0 Å². The molecule has 2 aromatic carbocycles. The van der Waals surface area contributed by atoms with Gasteiger partial charge in [0.2, 0.25) is 5.91 Å². The summed E-state index contributed by atoms with van der Waals surface area (Å²) < 4.78 is 51.2. The number of hydrogen-bond donors (Lipinski definition) is 2. The second kappa shape index (κ2) is 8.04. The fourth-order valence-corrected chi connectivity index (χ4v) is 3.47. The van der Waals surface area contributed by atoms with Crippen LogP contribution in [0, 0.1) is 5.82 Å². The van der Waals surface area contributed by atoms with Gasteiger partial charge in [0.25, 0.3) is 10.0 Å². The highest BCUT2D eigenvalue weighted by Gasteiger charge is 2.23. The summed E-state index contributed by atoms with van der Waals surface area (Å²) in [6, 6.07) is 7.10. The van der Waals surface area contributed by atoms with Gasteiger partial charge in [-0.1, -0.05) is 0 Å². The Hall–Kier alpha value is -3.14. The lowest BCUT2D eigenvalue weighted by Crippen LogP contribution is -2.16. The van der Waals surface area contributed by atoms with E-state index in [2.05, 4.69) is 14.8 Å². The SMILES string of the molecule is COC(=O)c1ccc(F)c(NS(=O)(=O)c2cc(NC(C)=O)ccc2OC)c1. The number of nitrogens with one attached hydrogen (secondary N) is 2. The van der Waals surface area contributed by atoms with Crippen molar-refractivity contribution in [2.75, 3.05) is 24.3 Å². The molecule has 0 heterocycles. The maximum absolute atomic E-state index is 14.0. The average molecular weight is 396 g/mol. The Labute approximate surface area is 155 Å². The van der Waals surface area contributed by atoms with E-state index in [1.54, 1.807) is 0 Å². The Morgan fingerprint density at radius 2 is 1.78 bits per heavy atom. The molecule has 0 bridgehead atoms. The molecule has 0 spiro atoms. The van der Waals surface area contributed by atoms with Crippen LogP contribution in [0.2, 0.25) is 0 Å². The second-order valence-electron chi connectivity index (χ2n) is 5.34. The Morgan fingerprint density at radius 3 is 2.37 bits per heavy atom. The lowest BCUT2D eigenvalue weighted by molar-refractivity contribution is -0.114. The first-order chi connectivity index (χ1) is 12.7. The van der Waals surface area contributed by atoms with Crippen LogP contribution in [-0.2, 0) is 19.6 Å². The third-order valence-corrected chi connectivity index (χ3v) is 4.79. The highest BCUT2D eigenvalue weighted by atomic mass is 32.2. The minimum Gasteiger partial charge on any atom is -0.495 e. The summed E-state index contributed by atoms with van der Waals surface area (Å²) in [5.74, 6) is -2.04. The summed E-state index contributed by atoms with van der Waals surface area (Å²) in [5.41, 5.74) is -0.257. The topological polar surface area (TPSA) is 111 Å². The van der Waals surface area contributed by atoms with Crippen LogP contribution in [0.5, 0.6) is 5.75 Å². The minimum absolute atomic E-state index is 0.0128. The van der Waals surface area contributed by atoms with E-state index in [1.165, 1.54) is 32.2 Å². The third kappa shape index (κ3) is 4.73. The maximum atomic E-state index is 14.0. The number of carbonyl (C=O) groups is 2. The van der Waals surface area contributed by atoms with Crippen molar-refractivity contribution in [3.8, 4) is 5.75 Å². The number of ether oxygens (including phenoxy) is 2. The third-order valence-electron chi connectivity index (χ3n) is 3.41. The molecule has 0 saturated carbocycles. The van der Waals surface area contributed by atoms with Crippen molar-refractivity contribution in [3.05, 3.63) is 47.8 Å². The summed E-state index contributed by atoms with van der Waals surface area (Å²) in [6.07, 6.45) is 0. The van der Waals surface area contributed by atoms with E-state index in [4.69, 9.17) is 4.74 Å². The van der Waals surface area contributed by atoms with Gasteiger partial charge in [-0.05, 0) is 36.4 Å². The quantitative estimate of drug-likeness (QED) is 0.726. The summed E-state index contributed by atoms with van der Waals surface area (Å²) in [5, 5.41) is 2.45. The number of hydrogen-bond acceptors (Lipinski definition) is 6. The van der Waals surface area contributed by atoms with Crippen LogP contribution in [0.15, 0.2) is 41.3 Å². The summed E-state index contributed by atoms with van der Waals surface area (Å²) in [4.78, 5) is 22.5. The molecule has 0 radical (unpaired) electrons. The van der Waals surface area contributed by atoms with Gasteiger partial charge in [-0.2, -0.15) is 0 Å². The van der Waals surface area contributed by atoms with E-state index in [1.807, 2.05) is 0 Å². The zero-order valence-corrected chi connectivity index (χ0v) is 15.5. The van der Waals surface area contributed by atoms with Crippen molar-refractivity contribution < 1.29 is 31.9 Å². The average Bonchev–Trinajstić information content (AvgIpc) is 2.62. The van der Waals surface area contributed by atoms with Crippen LogP contribution >= 0.6 is 0 Å². The first-order valence-electron chi connectivity index (χ1n) is 7.54. The number of halogens is 1. The van der Waals surface area contributed by atoms with Crippen LogP contribution in [0.1, 0.15) is 17.3 Å². The second-order valence-corrected chi connectivity index (χ2v) is 6.99. The van der Waals surface area contributed by atoms with Crippen LogP contribution in [0.3, 0.4) is 0 Å². The number of amides is 1. The van der Waals surface area contributed by atoms with Crippen LogP contribution < -0.4 is 14.8 Å². The molecule has 2 rings (SSSR count). The molecule has 8 nitrogen and oxygen atoms in total. The fourth-order valence-electron chi connectivity index (χ4n) is 2.22. The molecule has 1 amide bonds. The summed E-state index contributed by atoms with van der Waals surface area (Å²) in [7, 11) is -1.89. The molecule has 2 aromatic rings. The molecular formula is C17H17FN2O6S. The van der Waals surface area contributed by atoms with Crippen molar-refractivity contribution in [1.82, 2.24) is 0 Å². The zero-order chi connectivity index (χ0) is 20.2. The maximum Gasteiger partial charge on any atom is 0.337 e. The molecule has 0 aliphatic carbocycles. The molecule has 0 aliphatic heterocycles. The molecule has 2 N–H and O–H groups in total. The Balaban J connectivity index is 2.47. The van der Waals surface area contributed by atoms with E-state index in [9.17, 15) is 22.4 Å². The van der Waals surface area contributed by atoms with Gasteiger partial charge >= 0.3 is 5.97 Å². The molecule has 10 heteroatoms. The smallest absolute Gasteiger partial charge is 0.337 e. The Morgan fingerprint density at radius 1 is 1.07 bits per heavy atom. The fraction of sp³-hybridized carbons (Fsp3) is 0.176. The molecule has 27 heavy (non-hydrogen) atoms. The lowest BCUT2D eigenvalue weighted by atomic mass is 10.2. The lowest BCUT2D eigenvalue weighted by Gasteiger charge is -2.14. The number of sulfonamides is 1. The number of carbonyl (C=O) groups excluding carboxylic acids is 2. The zero-order valence-electron chi connectivity index (χ0n) is 14.7. The normalized spacial score (nSPS) is 10.8. The van der Waals surface area contributed by atoms with Gasteiger partial charge in [0.15, 0.2) is 0 Å².